The van der Waals surface area contributed by atoms with E-state index in [1.54, 1.807) is 0 Å². The third-order valence-electron chi connectivity index (χ3n) is 2.84. The van der Waals surface area contributed by atoms with Crippen molar-refractivity contribution in [3.63, 3.8) is 0 Å². The maximum absolute atomic E-state index is 3.60. The summed E-state index contributed by atoms with van der Waals surface area (Å²) in [4.78, 5) is 0. The summed E-state index contributed by atoms with van der Waals surface area (Å²) in [6.07, 6.45) is 4.89. The maximum atomic E-state index is 3.60. The summed E-state index contributed by atoms with van der Waals surface area (Å²) in [7, 11) is 0. The van der Waals surface area contributed by atoms with Crippen LogP contribution in [0, 0.1) is 11.8 Å². The first kappa shape index (κ1) is 12.3. The molecular formula is C11H24N2S. The fraction of sp³-hybridized carbons (Fsp3) is 1.00. The van der Waals surface area contributed by atoms with Crippen LogP contribution in [0.2, 0.25) is 0 Å². The Morgan fingerprint density at radius 1 is 1.43 bits per heavy atom. The van der Waals surface area contributed by atoms with Gasteiger partial charge in [0.25, 0.3) is 0 Å². The van der Waals surface area contributed by atoms with Crippen LogP contribution in [0.3, 0.4) is 0 Å². The molecule has 2 N–H and O–H groups in total. The fourth-order valence-electron chi connectivity index (χ4n) is 1.96. The van der Waals surface area contributed by atoms with Gasteiger partial charge in [-0.2, -0.15) is 11.8 Å². The highest BCUT2D eigenvalue weighted by atomic mass is 32.2. The van der Waals surface area contributed by atoms with Crippen LogP contribution >= 0.6 is 11.8 Å². The standard InChI is InChI=1S/C11H24N2S/c1-10(9-14-2)7-13-8-11-3-5-12-6-4-11/h10-13H,3-9H2,1-2H3. The van der Waals surface area contributed by atoms with E-state index >= 15 is 0 Å². The lowest BCUT2D eigenvalue weighted by molar-refractivity contribution is 0.351. The third kappa shape index (κ3) is 5.23. The van der Waals surface area contributed by atoms with Gasteiger partial charge in [0.1, 0.15) is 0 Å². The second-order valence-electron chi connectivity index (χ2n) is 4.41. The Bertz CT molecular complexity index is 135. The van der Waals surface area contributed by atoms with E-state index in [0.29, 0.717) is 0 Å². The Balaban J connectivity index is 1.96. The summed E-state index contributed by atoms with van der Waals surface area (Å²) in [5.41, 5.74) is 0. The zero-order chi connectivity index (χ0) is 10.2. The van der Waals surface area contributed by atoms with E-state index in [1.807, 2.05) is 11.8 Å². The normalized spacial score (nSPS) is 21.0. The molecule has 0 aliphatic carbocycles. The summed E-state index contributed by atoms with van der Waals surface area (Å²) in [6.45, 7) is 7.16. The zero-order valence-corrected chi connectivity index (χ0v) is 10.3. The van der Waals surface area contributed by atoms with Crippen LogP contribution < -0.4 is 10.6 Å². The fourth-order valence-corrected chi connectivity index (χ4v) is 2.65. The molecule has 2 nitrogen and oxygen atoms in total. The van der Waals surface area contributed by atoms with Crippen LogP contribution in [0.15, 0.2) is 0 Å². The average Bonchev–Trinajstić information content (AvgIpc) is 2.20. The van der Waals surface area contributed by atoms with Gasteiger partial charge in [0.05, 0.1) is 0 Å². The summed E-state index contributed by atoms with van der Waals surface area (Å²) < 4.78 is 0. The number of piperidine rings is 1. The molecule has 0 aromatic carbocycles. The van der Waals surface area contributed by atoms with E-state index in [-0.39, 0.29) is 0 Å². The molecule has 0 bridgehead atoms. The molecule has 0 amide bonds. The molecule has 0 saturated carbocycles. The number of thioether (sulfide) groups is 1. The first-order valence-corrected chi connectivity index (χ1v) is 7.12. The van der Waals surface area contributed by atoms with Gasteiger partial charge < -0.3 is 10.6 Å². The number of hydrogen-bond acceptors (Lipinski definition) is 3. The molecule has 14 heavy (non-hydrogen) atoms. The molecule has 1 heterocycles. The number of nitrogens with one attached hydrogen (secondary N) is 2. The van der Waals surface area contributed by atoms with Crippen molar-refractivity contribution in [1.82, 2.24) is 10.6 Å². The maximum Gasteiger partial charge on any atom is -0.00152 e. The van der Waals surface area contributed by atoms with Crippen LogP contribution in [-0.4, -0.2) is 38.2 Å². The van der Waals surface area contributed by atoms with Crippen molar-refractivity contribution in [3.05, 3.63) is 0 Å². The first-order valence-electron chi connectivity index (χ1n) is 5.73. The second kappa shape index (κ2) is 7.55. The second-order valence-corrected chi connectivity index (χ2v) is 5.32. The van der Waals surface area contributed by atoms with Gasteiger partial charge in [0.2, 0.25) is 0 Å². The van der Waals surface area contributed by atoms with Crippen molar-refractivity contribution in [2.45, 2.75) is 19.8 Å². The van der Waals surface area contributed by atoms with Crippen LogP contribution in [0.25, 0.3) is 0 Å². The van der Waals surface area contributed by atoms with Gasteiger partial charge in [-0.25, -0.2) is 0 Å². The molecule has 0 radical (unpaired) electrons. The van der Waals surface area contributed by atoms with Gasteiger partial charge in [0.15, 0.2) is 0 Å². The van der Waals surface area contributed by atoms with Crippen LogP contribution in [0.4, 0.5) is 0 Å². The lowest BCUT2D eigenvalue weighted by atomic mass is 9.98. The predicted octanol–water partition coefficient (Wildman–Crippen LogP) is 1.57. The summed E-state index contributed by atoms with van der Waals surface area (Å²) in [6, 6.07) is 0. The lowest BCUT2D eigenvalue weighted by Crippen LogP contribution is -2.35. The Labute approximate surface area is 92.6 Å². The van der Waals surface area contributed by atoms with E-state index in [2.05, 4.69) is 23.8 Å². The molecule has 3 heteroatoms. The predicted molar refractivity (Wildman–Crippen MR) is 66.0 cm³/mol. The number of hydrogen-bond donors (Lipinski definition) is 2. The third-order valence-corrected chi connectivity index (χ3v) is 3.74. The summed E-state index contributed by atoms with van der Waals surface area (Å²) in [5.74, 6) is 3.00. The monoisotopic (exact) mass is 216 g/mol. The minimum absolute atomic E-state index is 0.812. The lowest BCUT2D eigenvalue weighted by Gasteiger charge is -2.23. The van der Waals surface area contributed by atoms with E-state index < -0.39 is 0 Å². The molecule has 1 saturated heterocycles. The van der Waals surface area contributed by atoms with E-state index in [1.165, 1.54) is 44.8 Å². The summed E-state index contributed by atoms with van der Waals surface area (Å²) in [5, 5.41) is 7.00. The minimum Gasteiger partial charge on any atom is -0.317 e. The highest BCUT2D eigenvalue weighted by Gasteiger charge is 2.12. The molecule has 0 aromatic heterocycles. The molecule has 1 aliphatic heterocycles. The first-order chi connectivity index (χ1) is 6.83. The minimum atomic E-state index is 0.812. The molecule has 0 aromatic rings. The topological polar surface area (TPSA) is 24.1 Å². The van der Waals surface area contributed by atoms with Gasteiger partial charge in [-0.15, -0.1) is 0 Å². The Hall–Kier alpha value is 0.270. The molecule has 0 spiro atoms. The largest absolute Gasteiger partial charge is 0.317 e. The molecule has 1 unspecified atom stereocenters. The molecule has 84 valence electrons. The quantitative estimate of drug-likeness (QED) is 0.705. The highest BCUT2D eigenvalue weighted by molar-refractivity contribution is 7.98. The average molecular weight is 216 g/mol. The zero-order valence-electron chi connectivity index (χ0n) is 9.51. The van der Waals surface area contributed by atoms with E-state index in [0.717, 1.165) is 11.8 Å². The van der Waals surface area contributed by atoms with Crippen molar-refractivity contribution < 1.29 is 0 Å². The highest BCUT2D eigenvalue weighted by Crippen LogP contribution is 2.10. The van der Waals surface area contributed by atoms with Crippen molar-refractivity contribution in [2.75, 3.05) is 38.2 Å². The molecule has 1 aliphatic rings. The van der Waals surface area contributed by atoms with Crippen molar-refractivity contribution in [3.8, 4) is 0 Å². The van der Waals surface area contributed by atoms with E-state index in [9.17, 15) is 0 Å². The van der Waals surface area contributed by atoms with Gasteiger partial charge in [-0.1, -0.05) is 6.92 Å². The molecular weight excluding hydrogens is 192 g/mol. The number of rotatable bonds is 6. The molecule has 1 rings (SSSR count). The van der Waals surface area contributed by atoms with Crippen molar-refractivity contribution in [1.29, 1.82) is 0 Å². The SMILES string of the molecule is CSCC(C)CNCC1CCNCC1. The Kier molecular flexibility index (Phi) is 6.65. The van der Waals surface area contributed by atoms with Gasteiger partial charge in [0, 0.05) is 0 Å². The van der Waals surface area contributed by atoms with Gasteiger partial charge in [-0.05, 0) is 62.9 Å². The van der Waals surface area contributed by atoms with Gasteiger partial charge >= 0.3 is 0 Å². The van der Waals surface area contributed by atoms with Crippen LogP contribution in [0.5, 0.6) is 0 Å². The van der Waals surface area contributed by atoms with Crippen LogP contribution in [-0.2, 0) is 0 Å². The Morgan fingerprint density at radius 2 is 2.14 bits per heavy atom. The summed E-state index contributed by atoms with van der Waals surface area (Å²) >= 11 is 1.95. The van der Waals surface area contributed by atoms with Gasteiger partial charge in [-0.3, -0.25) is 0 Å². The van der Waals surface area contributed by atoms with E-state index in [4.69, 9.17) is 0 Å². The molecule has 1 atom stereocenters. The smallest absolute Gasteiger partial charge is 0.00152 e. The Morgan fingerprint density at radius 3 is 2.79 bits per heavy atom. The molecule has 1 fully saturated rings. The van der Waals surface area contributed by atoms with Crippen molar-refractivity contribution in [2.24, 2.45) is 11.8 Å². The van der Waals surface area contributed by atoms with Crippen molar-refractivity contribution >= 4 is 11.8 Å². The van der Waals surface area contributed by atoms with Crippen LogP contribution in [0.1, 0.15) is 19.8 Å².